The first-order chi connectivity index (χ1) is 13.2. The van der Waals surface area contributed by atoms with E-state index >= 15 is 0 Å². The quantitative estimate of drug-likeness (QED) is 0.587. The Morgan fingerprint density at radius 3 is 2.74 bits per heavy atom. The highest BCUT2D eigenvalue weighted by Gasteiger charge is 2.24. The highest BCUT2D eigenvalue weighted by molar-refractivity contribution is 7.13. The number of ether oxygens (including phenoxy) is 1. The van der Waals surface area contributed by atoms with Gasteiger partial charge in [0.2, 0.25) is 0 Å². The Balaban J connectivity index is 1.52. The number of carbonyl (C=O) groups is 1. The van der Waals surface area contributed by atoms with E-state index in [2.05, 4.69) is 16.4 Å². The van der Waals surface area contributed by atoms with Gasteiger partial charge in [0.25, 0.3) is 5.91 Å². The number of nitrogens with zero attached hydrogens (tertiary/aromatic N) is 2. The van der Waals surface area contributed by atoms with E-state index in [9.17, 15) is 4.79 Å². The fraction of sp³-hybridized carbons (Fsp3) is 0.333. The van der Waals surface area contributed by atoms with Crippen LogP contribution in [0, 0.1) is 6.92 Å². The van der Waals surface area contributed by atoms with Crippen LogP contribution in [-0.2, 0) is 11.3 Å². The van der Waals surface area contributed by atoms with Crippen molar-refractivity contribution in [2.24, 2.45) is 0 Å². The molecule has 0 aliphatic carbocycles. The first kappa shape index (κ1) is 18.3. The average molecular weight is 399 g/mol. The lowest BCUT2D eigenvalue weighted by atomic mass is 10.1. The summed E-state index contributed by atoms with van der Waals surface area (Å²) in [5.41, 5.74) is 2.78. The molecule has 1 aliphatic rings. The number of carbonyl (C=O) groups excluding carboxylic acids is 1. The Labute approximate surface area is 167 Å². The zero-order chi connectivity index (χ0) is 18.6. The molecule has 1 unspecified atom stereocenters. The van der Waals surface area contributed by atoms with Crippen molar-refractivity contribution < 1.29 is 9.53 Å². The van der Waals surface area contributed by atoms with Gasteiger partial charge in [0.1, 0.15) is 5.01 Å². The number of hydrogen-bond donors (Lipinski definition) is 0. The number of benzene rings is 1. The zero-order valence-corrected chi connectivity index (χ0v) is 16.9. The Morgan fingerprint density at radius 1 is 1.26 bits per heavy atom. The SMILES string of the molecule is Cc1csc(-c2ccc(C(=O)N(Cc3cccs3)CC3CCCO3)cc2)n1. The normalized spacial score (nSPS) is 16.6. The molecule has 2 aromatic heterocycles. The van der Waals surface area contributed by atoms with Gasteiger partial charge in [0.05, 0.1) is 12.6 Å². The van der Waals surface area contributed by atoms with Crippen molar-refractivity contribution in [1.82, 2.24) is 9.88 Å². The van der Waals surface area contributed by atoms with Crippen LogP contribution in [0.5, 0.6) is 0 Å². The van der Waals surface area contributed by atoms with Crippen molar-refractivity contribution in [2.75, 3.05) is 13.2 Å². The standard InChI is InChI=1S/C21H22N2O2S2/c1-15-14-27-20(22-15)16-6-8-17(9-7-16)21(24)23(12-18-4-2-10-25-18)13-19-5-3-11-26-19/h3,5-9,11,14,18H,2,4,10,12-13H2,1H3. The summed E-state index contributed by atoms with van der Waals surface area (Å²) in [6.45, 7) is 4.06. The van der Waals surface area contributed by atoms with Crippen molar-refractivity contribution >= 4 is 28.6 Å². The molecule has 1 fully saturated rings. The smallest absolute Gasteiger partial charge is 0.254 e. The van der Waals surface area contributed by atoms with Gasteiger partial charge >= 0.3 is 0 Å². The highest BCUT2D eigenvalue weighted by atomic mass is 32.1. The lowest BCUT2D eigenvalue weighted by Crippen LogP contribution is -2.36. The molecule has 3 aromatic rings. The Bertz CT molecular complexity index is 881. The third-order valence-electron chi connectivity index (χ3n) is 4.66. The minimum atomic E-state index is 0.0563. The van der Waals surface area contributed by atoms with Crippen molar-refractivity contribution in [1.29, 1.82) is 0 Å². The number of thiophene rings is 1. The number of amides is 1. The lowest BCUT2D eigenvalue weighted by Gasteiger charge is -2.25. The molecule has 1 aliphatic heterocycles. The average Bonchev–Trinajstić information content (AvgIpc) is 3.44. The summed E-state index contributed by atoms with van der Waals surface area (Å²) in [6, 6.07) is 11.9. The topological polar surface area (TPSA) is 42.4 Å². The first-order valence-corrected chi connectivity index (χ1v) is 10.9. The van der Waals surface area contributed by atoms with Crippen molar-refractivity contribution in [3.63, 3.8) is 0 Å². The molecule has 27 heavy (non-hydrogen) atoms. The summed E-state index contributed by atoms with van der Waals surface area (Å²) in [6.07, 6.45) is 2.25. The second-order valence-corrected chi connectivity index (χ2v) is 8.66. The second-order valence-electron chi connectivity index (χ2n) is 6.77. The van der Waals surface area contributed by atoms with Crippen LogP contribution in [0.1, 0.15) is 33.8 Å². The van der Waals surface area contributed by atoms with Gasteiger partial charge in [-0.2, -0.15) is 0 Å². The Kier molecular flexibility index (Phi) is 5.66. The maximum absolute atomic E-state index is 13.2. The molecule has 0 N–H and O–H groups in total. The van der Waals surface area contributed by atoms with Crippen LogP contribution < -0.4 is 0 Å². The van der Waals surface area contributed by atoms with Gasteiger partial charge in [0, 0.05) is 40.2 Å². The van der Waals surface area contributed by atoms with Gasteiger partial charge in [-0.15, -0.1) is 22.7 Å². The summed E-state index contributed by atoms with van der Waals surface area (Å²) in [7, 11) is 0. The molecule has 1 atom stereocenters. The monoisotopic (exact) mass is 398 g/mol. The Hall–Kier alpha value is -2.02. The number of thiazole rings is 1. The fourth-order valence-electron chi connectivity index (χ4n) is 3.27. The van der Waals surface area contributed by atoms with Gasteiger partial charge in [0.15, 0.2) is 0 Å². The highest BCUT2D eigenvalue weighted by Crippen LogP contribution is 2.25. The van der Waals surface area contributed by atoms with E-state index < -0.39 is 0 Å². The molecule has 4 rings (SSSR count). The van der Waals surface area contributed by atoms with E-state index in [4.69, 9.17) is 4.74 Å². The minimum absolute atomic E-state index is 0.0563. The predicted molar refractivity (Wildman–Crippen MR) is 110 cm³/mol. The fourth-order valence-corrected chi connectivity index (χ4v) is 4.79. The van der Waals surface area contributed by atoms with E-state index in [1.165, 1.54) is 4.88 Å². The molecule has 0 saturated carbocycles. The molecular weight excluding hydrogens is 376 g/mol. The number of rotatable bonds is 6. The second kappa shape index (κ2) is 8.33. The minimum Gasteiger partial charge on any atom is -0.376 e. The van der Waals surface area contributed by atoms with Crippen LogP contribution in [0.2, 0.25) is 0 Å². The van der Waals surface area contributed by atoms with Gasteiger partial charge in [-0.05, 0) is 43.3 Å². The van der Waals surface area contributed by atoms with Crippen LogP contribution in [0.25, 0.3) is 10.6 Å². The third-order valence-corrected chi connectivity index (χ3v) is 6.53. The third kappa shape index (κ3) is 4.46. The van der Waals surface area contributed by atoms with Crippen molar-refractivity contribution in [3.8, 4) is 10.6 Å². The van der Waals surface area contributed by atoms with Gasteiger partial charge in [-0.3, -0.25) is 4.79 Å². The van der Waals surface area contributed by atoms with E-state index in [0.717, 1.165) is 35.7 Å². The van der Waals surface area contributed by atoms with Crippen LogP contribution in [0.3, 0.4) is 0 Å². The molecule has 6 heteroatoms. The van der Waals surface area contributed by atoms with E-state index in [-0.39, 0.29) is 12.0 Å². The molecule has 1 saturated heterocycles. The van der Waals surface area contributed by atoms with E-state index in [1.54, 1.807) is 22.7 Å². The molecular formula is C21H22N2O2S2. The maximum Gasteiger partial charge on any atom is 0.254 e. The molecule has 3 heterocycles. The molecule has 0 radical (unpaired) electrons. The summed E-state index contributed by atoms with van der Waals surface area (Å²) in [5.74, 6) is 0.0563. The van der Waals surface area contributed by atoms with E-state index in [1.807, 2.05) is 47.5 Å². The van der Waals surface area contributed by atoms with Crippen LogP contribution in [0.4, 0.5) is 0 Å². The van der Waals surface area contributed by atoms with Crippen molar-refractivity contribution in [2.45, 2.75) is 32.4 Å². The lowest BCUT2D eigenvalue weighted by molar-refractivity contribution is 0.0509. The van der Waals surface area contributed by atoms with Gasteiger partial charge < -0.3 is 9.64 Å². The largest absolute Gasteiger partial charge is 0.376 e. The number of aryl methyl sites for hydroxylation is 1. The number of hydrogen-bond acceptors (Lipinski definition) is 5. The summed E-state index contributed by atoms with van der Waals surface area (Å²) in [4.78, 5) is 20.8. The zero-order valence-electron chi connectivity index (χ0n) is 15.3. The maximum atomic E-state index is 13.2. The first-order valence-electron chi connectivity index (χ1n) is 9.15. The molecule has 1 amide bonds. The predicted octanol–water partition coefficient (Wildman–Crippen LogP) is 5.00. The molecule has 0 spiro atoms. The number of aromatic nitrogens is 1. The molecule has 0 bridgehead atoms. The molecule has 4 nitrogen and oxygen atoms in total. The van der Waals surface area contributed by atoms with E-state index in [0.29, 0.717) is 18.7 Å². The van der Waals surface area contributed by atoms with Crippen LogP contribution in [-0.4, -0.2) is 35.0 Å². The summed E-state index contributed by atoms with van der Waals surface area (Å²) < 4.78 is 5.77. The van der Waals surface area contributed by atoms with Crippen molar-refractivity contribution in [3.05, 3.63) is 63.3 Å². The van der Waals surface area contributed by atoms with Gasteiger partial charge in [-0.25, -0.2) is 4.98 Å². The summed E-state index contributed by atoms with van der Waals surface area (Å²) in [5, 5.41) is 5.08. The summed E-state index contributed by atoms with van der Waals surface area (Å²) >= 11 is 3.31. The van der Waals surface area contributed by atoms with Crippen LogP contribution >= 0.6 is 22.7 Å². The molecule has 140 valence electrons. The molecule has 1 aromatic carbocycles. The van der Waals surface area contributed by atoms with Gasteiger partial charge in [-0.1, -0.05) is 18.2 Å². The Morgan fingerprint density at radius 2 is 2.11 bits per heavy atom. The van der Waals surface area contributed by atoms with Crippen LogP contribution in [0.15, 0.2) is 47.2 Å².